The van der Waals surface area contributed by atoms with Crippen LogP contribution in [-0.4, -0.2) is 80.9 Å². The summed E-state index contributed by atoms with van der Waals surface area (Å²) in [6, 6.07) is 7.39. The number of fused-ring (bicyclic) bond motifs is 3. The summed E-state index contributed by atoms with van der Waals surface area (Å²) in [6.45, 7) is 2.85. The third-order valence-corrected chi connectivity index (χ3v) is 7.60. The average Bonchev–Trinajstić information content (AvgIpc) is 3.11. The highest BCUT2D eigenvalue weighted by Crippen LogP contribution is 2.48. The number of nitriles is 1. The van der Waals surface area contributed by atoms with Crippen LogP contribution in [0, 0.1) is 17.2 Å². The van der Waals surface area contributed by atoms with Crippen LogP contribution in [0.5, 0.6) is 0 Å². The minimum atomic E-state index is -0.993. The number of aromatic carboxylic acids is 1. The van der Waals surface area contributed by atoms with Crippen LogP contribution < -0.4 is 5.73 Å². The number of carbonyl (C=O) groups excluding carboxylic acids is 2. The Labute approximate surface area is 186 Å². The SMILES string of the molecule is C[C@H](c1cccc(C(=O)O)c1)N1C(=O)[C@@H]2C[C@H]1CN2C[C@H](N)C(=O)N1C2C[C@H]2C[C@H]1C#N. The van der Waals surface area contributed by atoms with E-state index in [1.165, 1.54) is 6.07 Å². The summed E-state index contributed by atoms with van der Waals surface area (Å²) >= 11 is 0. The maximum Gasteiger partial charge on any atom is 0.335 e. The lowest BCUT2D eigenvalue weighted by molar-refractivity contribution is -0.141. The molecule has 5 rings (SSSR count). The molecule has 9 heteroatoms. The molecule has 3 saturated heterocycles. The van der Waals surface area contributed by atoms with Gasteiger partial charge >= 0.3 is 5.97 Å². The molecule has 9 nitrogen and oxygen atoms in total. The zero-order valence-electron chi connectivity index (χ0n) is 17.9. The Hall–Kier alpha value is -2.96. The van der Waals surface area contributed by atoms with Crippen LogP contribution in [-0.2, 0) is 9.59 Å². The summed E-state index contributed by atoms with van der Waals surface area (Å²) in [6.07, 6.45) is 2.37. The summed E-state index contributed by atoms with van der Waals surface area (Å²) in [4.78, 5) is 42.9. The second kappa shape index (κ2) is 7.57. The van der Waals surface area contributed by atoms with Crippen LogP contribution in [0.15, 0.2) is 24.3 Å². The van der Waals surface area contributed by atoms with E-state index >= 15 is 0 Å². The van der Waals surface area contributed by atoms with Gasteiger partial charge in [-0.2, -0.15) is 5.26 Å². The number of carboxylic acid groups (broad SMARTS) is 1. The first kappa shape index (κ1) is 20.9. The number of nitrogens with two attached hydrogens (primary N) is 1. The van der Waals surface area contributed by atoms with Crippen molar-refractivity contribution < 1.29 is 19.5 Å². The molecule has 32 heavy (non-hydrogen) atoms. The first-order valence-corrected chi connectivity index (χ1v) is 11.2. The maximum absolute atomic E-state index is 13.2. The van der Waals surface area contributed by atoms with Gasteiger partial charge in [0.2, 0.25) is 11.8 Å². The standard InChI is InChI=1S/C23H27N5O4/c1-12(13-3-2-4-14(5-13)23(31)32)27-17-8-20(22(27)30)26(10-17)11-18(25)21(29)28-16(9-24)6-15-7-19(15)28/h2-5,12,15-20H,6-8,10-11,25H2,1H3,(H,31,32)/t12-,15-,16+,17+,18+,19?,20+/m1/s1. The van der Waals surface area contributed by atoms with E-state index in [4.69, 9.17) is 5.73 Å². The van der Waals surface area contributed by atoms with Crippen LogP contribution >= 0.6 is 0 Å². The molecule has 0 spiro atoms. The molecule has 1 saturated carbocycles. The van der Waals surface area contributed by atoms with Crippen LogP contribution in [0.25, 0.3) is 0 Å². The molecule has 168 valence electrons. The van der Waals surface area contributed by atoms with E-state index in [1.807, 2.05) is 22.8 Å². The molecular formula is C23H27N5O4. The average molecular weight is 438 g/mol. The summed E-state index contributed by atoms with van der Waals surface area (Å²) in [5, 5.41) is 18.6. The van der Waals surface area contributed by atoms with Gasteiger partial charge in [0.05, 0.1) is 29.8 Å². The van der Waals surface area contributed by atoms with E-state index in [9.17, 15) is 24.8 Å². The van der Waals surface area contributed by atoms with E-state index in [0.717, 1.165) is 18.4 Å². The van der Waals surface area contributed by atoms with Crippen molar-refractivity contribution in [3.63, 3.8) is 0 Å². The van der Waals surface area contributed by atoms with Crippen molar-refractivity contribution >= 4 is 17.8 Å². The van der Waals surface area contributed by atoms with Gasteiger partial charge in [-0.1, -0.05) is 12.1 Å². The number of piperidine rings is 1. The Morgan fingerprint density at radius 2 is 2.09 bits per heavy atom. The van der Waals surface area contributed by atoms with E-state index in [0.29, 0.717) is 25.4 Å². The number of hydrogen-bond donors (Lipinski definition) is 2. The van der Waals surface area contributed by atoms with Gasteiger partial charge in [0.25, 0.3) is 0 Å². The molecule has 4 aliphatic rings. The molecular weight excluding hydrogens is 410 g/mol. The molecule has 1 aromatic carbocycles. The number of carboxylic acids is 1. The quantitative estimate of drug-likeness (QED) is 0.665. The fraction of sp³-hybridized carbons (Fsp3) is 0.565. The first-order chi connectivity index (χ1) is 15.3. The van der Waals surface area contributed by atoms with Crippen molar-refractivity contribution in [3.05, 3.63) is 35.4 Å². The predicted molar refractivity (Wildman–Crippen MR) is 113 cm³/mol. The number of benzene rings is 1. The van der Waals surface area contributed by atoms with Crippen molar-refractivity contribution in [2.75, 3.05) is 13.1 Å². The van der Waals surface area contributed by atoms with Crippen LogP contribution in [0.3, 0.4) is 0 Å². The topological polar surface area (TPSA) is 131 Å². The number of hydrogen-bond acceptors (Lipinski definition) is 6. The molecule has 2 bridgehead atoms. The lowest BCUT2D eigenvalue weighted by Crippen LogP contribution is -2.57. The minimum Gasteiger partial charge on any atom is -0.478 e. The number of piperazine rings is 1. The van der Waals surface area contributed by atoms with Crippen LogP contribution in [0.4, 0.5) is 0 Å². The molecule has 3 heterocycles. The summed E-state index contributed by atoms with van der Waals surface area (Å²) in [5.41, 5.74) is 7.25. The number of rotatable bonds is 6. The number of amides is 2. The number of nitrogens with zero attached hydrogens (tertiary/aromatic N) is 4. The highest BCUT2D eigenvalue weighted by atomic mass is 16.4. The fourth-order valence-corrected chi connectivity index (χ4v) is 5.90. The number of likely N-dealkylation sites (tertiary alicyclic amines) is 3. The largest absolute Gasteiger partial charge is 0.478 e. The van der Waals surface area contributed by atoms with Gasteiger partial charge in [0.1, 0.15) is 6.04 Å². The molecule has 3 N–H and O–H groups in total. The zero-order chi connectivity index (χ0) is 22.7. The third-order valence-electron chi connectivity index (χ3n) is 7.60. The molecule has 1 aromatic rings. The predicted octanol–water partition coefficient (Wildman–Crippen LogP) is 0.571. The molecule has 4 fully saturated rings. The lowest BCUT2D eigenvalue weighted by atomic mass is 10.0. The Kier molecular flexibility index (Phi) is 4.95. The summed E-state index contributed by atoms with van der Waals surface area (Å²) in [5.74, 6) is -0.748. The van der Waals surface area contributed by atoms with Gasteiger partial charge < -0.3 is 20.6 Å². The van der Waals surface area contributed by atoms with E-state index in [1.54, 1.807) is 17.0 Å². The Balaban J connectivity index is 1.24. The van der Waals surface area contributed by atoms with Crippen molar-refractivity contribution in [2.45, 2.75) is 62.4 Å². The van der Waals surface area contributed by atoms with Crippen molar-refractivity contribution in [1.82, 2.24) is 14.7 Å². The first-order valence-electron chi connectivity index (χ1n) is 11.2. The van der Waals surface area contributed by atoms with Gasteiger partial charge in [0.15, 0.2) is 0 Å². The van der Waals surface area contributed by atoms with Gasteiger partial charge in [0, 0.05) is 25.2 Å². The normalized spacial score (nSPS) is 32.5. The van der Waals surface area contributed by atoms with E-state index in [2.05, 4.69) is 6.07 Å². The minimum absolute atomic E-state index is 0.00439. The van der Waals surface area contributed by atoms with Gasteiger partial charge in [-0.3, -0.25) is 14.5 Å². The molecule has 0 radical (unpaired) electrons. The second-order valence-corrected chi connectivity index (χ2v) is 9.51. The number of carbonyl (C=O) groups is 3. The molecule has 2 amide bonds. The van der Waals surface area contributed by atoms with Crippen molar-refractivity contribution in [3.8, 4) is 6.07 Å². The fourth-order valence-electron chi connectivity index (χ4n) is 5.90. The van der Waals surface area contributed by atoms with E-state index < -0.39 is 12.0 Å². The van der Waals surface area contributed by atoms with Crippen molar-refractivity contribution in [1.29, 1.82) is 5.26 Å². The Morgan fingerprint density at radius 1 is 1.31 bits per heavy atom. The summed E-state index contributed by atoms with van der Waals surface area (Å²) in [7, 11) is 0. The van der Waals surface area contributed by atoms with Crippen molar-refractivity contribution in [2.24, 2.45) is 11.7 Å². The molecule has 1 unspecified atom stereocenters. The van der Waals surface area contributed by atoms with Crippen LogP contribution in [0.1, 0.15) is 48.1 Å². The molecule has 0 aromatic heterocycles. The summed E-state index contributed by atoms with van der Waals surface area (Å²) < 4.78 is 0. The van der Waals surface area contributed by atoms with Gasteiger partial charge in [-0.25, -0.2) is 4.79 Å². The molecule has 3 aliphatic heterocycles. The molecule has 1 aliphatic carbocycles. The van der Waals surface area contributed by atoms with Gasteiger partial charge in [-0.15, -0.1) is 0 Å². The van der Waals surface area contributed by atoms with Gasteiger partial charge in [-0.05, 0) is 49.8 Å². The smallest absolute Gasteiger partial charge is 0.335 e. The van der Waals surface area contributed by atoms with Crippen LogP contribution in [0.2, 0.25) is 0 Å². The highest BCUT2D eigenvalue weighted by Gasteiger charge is 2.56. The highest BCUT2D eigenvalue weighted by molar-refractivity contribution is 5.89. The lowest BCUT2D eigenvalue weighted by Gasteiger charge is -2.38. The monoisotopic (exact) mass is 437 g/mol. The Bertz CT molecular complexity index is 1020. The molecule has 7 atom stereocenters. The van der Waals surface area contributed by atoms with E-state index in [-0.39, 0.29) is 47.6 Å². The maximum atomic E-state index is 13.2. The zero-order valence-corrected chi connectivity index (χ0v) is 17.9. The second-order valence-electron chi connectivity index (χ2n) is 9.51. The Morgan fingerprint density at radius 3 is 2.78 bits per heavy atom. The third kappa shape index (κ3) is 3.26.